The summed E-state index contributed by atoms with van der Waals surface area (Å²) >= 11 is 0. The maximum absolute atomic E-state index is 12.6. The Labute approximate surface area is 138 Å². The summed E-state index contributed by atoms with van der Waals surface area (Å²) in [7, 11) is 1.71. The molecule has 2 fully saturated rings. The van der Waals surface area contributed by atoms with Crippen LogP contribution in [0, 0.1) is 0 Å². The van der Waals surface area contributed by atoms with Gasteiger partial charge in [-0.3, -0.25) is 4.40 Å². The van der Waals surface area contributed by atoms with Gasteiger partial charge >= 0.3 is 12.1 Å². The van der Waals surface area contributed by atoms with Crippen LogP contribution in [-0.2, 0) is 4.74 Å². The van der Waals surface area contributed by atoms with Crippen LogP contribution in [0.2, 0.25) is 0 Å². The van der Waals surface area contributed by atoms with Crippen molar-refractivity contribution in [3.63, 3.8) is 0 Å². The van der Waals surface area contributed by atoms with Gasteiger partial charge in [0, 0.05) is 19.8 Å². The molecule has 1 spiro atoms. The minimum atomic E-state index is -0.595. The monoisotopic (exact) mass is 330 g/mol. The molecule has 0 aliphatic carbocycles. The number of hydrogen-bond acceptors (Lipinski definition) is 5. The van der Waals surface area contributed by atoms with Crippen molar-refractivity contribution >= 4 is 23.5 Å². The van der Waals surface area contributed by atoms with Crippen molar-refractivity contribution in [3.8, 4) is 0 Å². The molecule has 1 atom stereocenters. The van der Waals surface area contributed by atoms with E-state index in [1.165, 1.54) is 0 Å². The molecule has 2 saturated heterocycles. The molecule has 3 amide bonds. The highest BCUT2D eigenvalue weighted by atomic mass is 16.6. The van der Waals surface area contributed by atoms with Gasteiger partial charge in [-0.2, -0.15) is 0 Å². The van der Waals surface area contributed by atoms with E-state index in [4.69, 9.17) is 4.74 Å². The van der Waals surface area contributed by atoms with E-state index in [1.807, 2.05) is 12.3 Å². The minimum absolute atomic E-state index is 0.226. The van der Waals surface area contributed by atoms with E-state index in [9.17, 15) is 9.59 Å². The summed E-state index contributed by atoms with van der Waals surface area (Å²) in [5.41, 5.74) is 0.590. The number of nitrogens with zero attached hydrogens (tertiary/aromatic N) is 5. The zero-order chi connectivity index (χ0) is 16.7. The fourth-order valence-corrected chi connectivity index (χ4v) is 3.42. The van der Waals surface area contributed by atoms with Gasteiger partial charge in [-0.25, -0.2) is 9.59 Å². The van der Waals surface area contributed by atoms with E-state index >= 15 is 0 Å². The van der Waals surface area contributed by atoms with Gasteiger partial charge in [0.1, 0.15) is 11.9 Å². The van der Waals surface area contributed by atoms with Gasteiger partial charge in [-0.15, -0.1) is 10.2 Å². The lowest BCUT2D eigenvalue weighted by atomic mass is 9.93. The van der Waals surface area contributed by atoms with E-state index in [-0.39, 0.29) is 12.1 Å². The third-order valence-electron chi connectivity index (χ3n) is 4.53. The Bertz CT molecular complexity index is 805. The molecule has 0 saturated carbocycles. The van der Waals surface area contributed by atoms with Crippen LogP contribution < -0.4 is 5.32 Å². The molecule has 9 heteroatoms. The van der Waals surface area contributed by atoms with Crippen molar-refractivity contribution in [2.45, 2.75) is 18.4 Å². The molecule has 0 aromatic carbocycles. The summed E-state index contributed by atoms with van der Waals surface area (Å²) in [5.74, 6) is 0. The lowest BCUT2D eigenvalue weighted by molar-refractivity contribution is 0.00497. The zero-order valence-corrected chi connectivity index (χ0v) is 13.3. The second-order valence-electron chi connectivity index (χ2n) is 6.35. The number of rotatable bonds is 1. The molecule has 2 aliphatic rings. The molecule has 1 N–H and O–H groups in total. The van der Waals surface area contributed by atoms with Crippen molar-refractivity contribution in [2.75, 3.05) is 32.0 Å². The van der Waals surface area contributed by atoms with Gasteiger partial charge in [0.2, 0.25) is 0 Å². The molecular formula is C15H18N6O3. The van der Waals surface area contributed by atoms with E-state index < -0.39 is 5.60 Å². The average molecular weight is 330 g/mol. The summed E-state index contributed by atoms with van der Waals surface area (Å²) in [6, 6.07) is 3.37. The quantitative estimate of drug-likeness (QED) is 0.847. The van der Waals surface area contributed by atoms with Crippen molar-refractivity contribution in [3.05, 3.63) is 24.7 Å². The minimum Gasteiger partial charge on any atom is -0.439 e. The Kier molecular flexibility index (Phi) is 3.29. The molecule has 0 radical (unpaired) electrons. The topological polar surface area (TPSA) is 92.1 Å². The molecule has 0 bridgehead atoms. The van der Waals surface area contributed by atoms with E-state index in [0.29, 0.717) is 31.0 Å². The highest BCUT2D eigenvalue weighted by molar-refractivity contribution is 5.93. The van der Waals surface area contributed by atoms with E-state index in [2.05, 4.69) is 15.5 Å². The number of nitrogens with one attached hydrogen (secondary N) is 1. The van der Waals surface area contributed by atoms with Crippen molar-refractivity contribution < 1.29 is 14.3 Å². The summed E-state index contributed by atoms with van der Waals surface area (Å²) in [6.45, 7) is 1.53. The number of carbonyl (C=O) groups is 2. The van der Waals surface area contributed by atoms with Crippen molar-refractivity contribution in [1.29, 1.82) is 0 Å². The molecule has 9 nitrogen and oxygen atoms in total. The van der Waals surface area contributed by atoms with Crippen LogP contribution >= 0.6 is 0 Å². The van der Waals surface area contributed by atoms with Crippen molar-refractivity contribution in [2.24, 2.45) is 0 Å². The van der Waals surface area contributed by atoms with Gasteiger partial charge < -0.3 is 19.9 Å². The standard InChI is InChI=1S/C15H18N6O3/c1-19-8-15(24-14(19)23)5-3-7-20(9-15)13(22)17-11-4-2-6-21-10-16-18-12(11)21/h2,4,6,10H,3,5,7-9H2,1H3,(H,17,22)/t15-/m1/s1. The van der Waals surface area contributed by atoms with Crippen LogP contribution in [0.4, 0.5) is 15.3 Å². The maximum Gasteiger partial charge on any atom is 0.410 e. The first kappa shape index (κ1) is 14.7. The number of carbonyl (C=O) groups excluding carboxylic acids is 2. The second-order valence-corrected chi connectivity index (χ2v) is 6.35. The summed E-state index contributed by atoms with van der Waals surface area (Å²) in [4.78, 5) is 27.6. The lowest BCUT2D eigenvalue weighted by Crippen LogP contribution is -2.53. The van der Waals surface area contributed by atoms with Gasteiger partial charge in [0.15, 0.2) is 5.65 Å². The van der Waals surface area contributed by atoms with Gasteiger partial charge in [0.05, 0.1) is 18.8 Å². The number of likely N-dealkylation sites (N-methyl/N-ethyl adjacent to an activating group) is 1. The SMILES string of the molecule is CN1C[C@@]2(CCCN(C(=O)Nc3cccn4cnnc34)C2)OC1=O. The largest absolute Gasteiger partial charge is 0.439 e. The number of aromatic nitrogens is 3. The van der Waals surface area contributed by atoms with Gasteiger partial charge in [-0.1, -0.05) is 0 Å². The van der Waals surface area contributed by atoms with Gasteiger partial charge in [0.25, 0.3) is 0 Å². The third kappa shape index (κ3) is 2.41. The molecule has 126 valence electrons. The molecule has 4 heterocycles. The van der Waals surface area contributed by atoms with Gasteiger partial charge in [-0.05, 0) is 25.0 Å². The number of anilines is 1. The third-order valence-corrected chi connectivity index (χ3v) is 4.53. The molecule has 2 aliphatic heterocycles. The molecule has 24 heavy (non-hydrogen) atoms. The number of fused-ring (bicyclic) bond motifs is 1. The molecule has 4 rings (SSSR count). The van der Waals surface area contributed by atoms with E-state index in [0.717, 1.165) is 12.8 Å². The number of pyridine rings is 1. The molecule has 2 aromatic heterocycles. The average Bonchev–Trinajstić information content (AvgIpc) is 3.13. The summed E-state index contributed by atoms with van der Waals surface area (Å²) < 4.78 is 7.27. The van der Waals surface area contributed by atoms with Crippen LogP contribution in [0.1, 0.15) is 12.8 Å². The smallest absolute Gasteiger partial charge is 0.410 e. The molecule has 0 unspecified atom stereocenters. The number of likely N-dealkylation sites (tertiary alicyclic amines) is 1. The molecular weight excluding hydrogens is 312 g/mol. The predicted octanol–water partition coefficient (Wildman–Crippen LogP) is 1.18. The Balaban J connectivity index is 1.50. The number of urea groups is 1. The van der Waals surface area contributed by atoms with Crippen LogP contribution in [0.15, 0.2) is 24.7 Å². The number of amides is 3. The predicted molar refractivity (Wildman–Crippen MR) is 84.7 cm³/mol. The highest BCUT2D eigenvalue weighted by Gasteiger charge is 2.47. The number of piperidine rings is 1. The summed E-state index contributed by atoms with van der Waals surface area (Å²) in [6.07, 6.45) is 4.63. The Morgan fingerprint density at radius 2 is 2.29 bits per heavy atom. The first-order valence-corrected chi connectivity index (χ1v) is 7.85. The Morgan fingerprint density at radius 3 is 3.08 bits per heavy atom. The maximum atomic E-state index is 12.6. The second kappa shape index (κ2) is 5.36. The Morgan fingerprint density at radius 1 is 1.42 bits per heavy atom. The van der Waals surface area contributed by atoms with E-state index in [1.54, 1.807) is 33.6 Å². The van der Waals surface area contributed by atoms with Crippen LogP contribution in [0.25, 0.3) is 5.65 Å². The normalized spacial score (nSPS) is 23.8. The fraction of sp³-hybridized carbons (Fsp3) is 0.467. The Hall–Kier alpha value is -2.84. The van der Waals surface area contributed by atoms with Crippen LogP contribution in [-0.4, -0.2) is 68.8 Å². The first-order valence-electron chi connectivity index (χ1n) is 7.85. The number of ether oxygens (including phenoxy) is 1. The first-order chi connectivity index (χ1) is 11.6. The lowest BCUT2D eigenvalue weighted by Gasteiger charge is -2.38. The van der Waals surface area contributed by atoms with Crippen molar-refractivity contribution in [1.82, 2.24) is 24.4 Å². The van der Waals surface area contributed by atoms with Crippen LogP contribution in [0.3, 0.4) is 0 Å². The molecule has 2 aromatic rings. The zero-order valence-electron chi connectivity index (χ0n) is 13.3. The highest BCUT2D eigenvalue weighted by Crippen LogP contribution is 2.31. The van der Waals surface area contributed by atoms with Crippen LogP contribution in [0.5, 0.6) is 0 Å². The fourth-order valence-electron chi connectivity index (χ4n) is 3.42. The number of hydrogen-bond donors (Lipinski definition) is 1. The summed E-state index contributed by atoms with van der Waals surface area (Å²) in [5, 5.41) is 10.7.